The van der Waals surface area contributed by atoms with Gasteiger partial charge in [0.2, 0.25) is 0 Å². The van der Waals surface area contributed by atoms with Gasteiger partial charge in [-0.15, -0.1) is 0 Å². The Morgan fingerprint density at radius 2 is 2.10 bits per heavy atom. The van der Waals surface area contributed by atoms with E-state index in [0.717, 1.165) is 50.1 Å². The summed E-state index contributed by atoms with van der Waals surface area (Å²) in [6, 6.07) is 4.06. The molecule has 29 heavy (non-hydrogen) atoms. The predicted octanol–water partition coefficient (Wildman–Crippen LogP) is 3.31. The molecule has 0 unspecified atom stereocenters. The second-order valence-corrected chi connectivity index (χ2v) is 7.70. The van der Waals surface area contributed by atoms with E-state index < -0.39 is 0 Å². The first-order chi connectivity index (χ1) is 14.2. The first-order valence-corrected chi connectivity index (χ1v) is 10.8. The van der Waals surface area contributed by atoms with E-state index >= 15 is 0 Å². The third-order valence-electron chi connectivity index (χ3n) is 5.62. The molecule has 0 saturated heterocycles. The van der Waals surface area contributed by atoms with E-state index in [9.17, 15) is 0 Å². The molecule has 2 aromatic rings. The second-order valence-electron chi connectivity index (χ2n) is 7.70. The van der Waals surface area contributed by atoms with Crippen LogP contribution < -0.4 is 10.6 Å². The second kappa shape index (κ2) is 11.0. The summed E-state index contributed by atoms with van der Waals surface area (Å²) in [6.45, 7) is 8.19. The Morgan fingerprint density at radius 3 is 2.76 bits per heavy atom. The summed E-state index contributed by atoms with van der Waals surface area (Å²) < 4.78 is 7.52. The van der Waals surface area contributed by atoms with E-state index in [0.29, 0.717) is 12.0 Å². The molecule has 7 heteroatoms. The summed E-state index contributed by atoms with van der Waals surface area (Å²) in [7, 11) is 0. The van der Waals surface area contributed by atoms with Crippen molar-refractivity contribution in [3.8, 4) is 5.82 Å². The van der Waals surface area contributed by atoms with Crippen LogP contribution in [0.3, 0.4) is 0 Å². The summed E-state index contributed by atoms with van der Waals surface area (Å²) >= 11 is 0. The fourth-order valence-corrected chi connectivity index (χ4v) is 3.91. The van der Waals surface area contributed by atoms with E-state index in [1.54, 1.807) is 12.5 Å². The molecule has 0 bridgehead atoms. The van der Waals surface area contributed by atoms with Crippen LogP contribution in [0.1, 0.15) is 51.5 Å². The number of hydrogen-bond donors (Lipinski definition) is 2. The Bertz CT molecular complexity index is 735. The van der Waals surface area contributed by atoms with Crippen molar-refractivity contribution < 1.29 is 4.74 Å². The van der Waals surface area contributed by atoms with Crippen molar-refractivity contribution in [3.63, 3.8) is 0 Å². The molecule has 0 spiro atoms. The van der Waals surface area contributed by atoms with Gasteiger partial charge in [-0.3, -0.25) is 4.57 Å². The highest BCUT2D eigenvalue weighted by atomic mass is 16.5. The third-order valence-corrected chi connectivity index (χ3v) is 5.62. The molecule has 2 heterocycles. The average Bonchev–Trinajstić information content (AvgIpc) is 3.44. The lowest BCUT2D eigenvalue weighted by atomic mass is 9.83. The summed E-state index contributed by atoms with van der Waals surface area (Å²) in [5.41, 5.74) is 1.41. The molecule has 158 valence electrons. The number of nitrogens with zero attached hydrogens (tertiary/aromatic N) is 4. The Hall–Kier alpha value is -2.41. The molecule has 1 aliphatic rings. The lowest BCUT2D eigenvalue weighted by molar-refractivity contribution is 0.105. The number of aromatic nitrogens is 3. The number of ether oxygens (including phenoxy) is 1. The molecule has 1 saturated carbocycles. The van der Waals surface area contributed by atoms with Gasteiger partial charge < -0.3 is 15.4 Å². The zero-order valence-electron chi connectivity index (χ0n) is 17.7. The molecule has 0 amide bonds. The van der Waals surface area contributed by atoms with Gasteiger partial charge in [0.15, 0.2) is 5.96 Å². The van der Waals surface area contributed by atoms with Crippen LogP contribution >= 0.6 is 0 Å². The molecule has 1 aliphatic carbocycles. The minimum Gasteiger partial charge on any atom is -0.382 e. The highest BCUT2D eigenvalue weighted by molar-refractivity contribution is 5.79. The zero-order valence-corrected chi connectivity index (χ0v) is 17.7. The molecule has 1 fully saturated rings. The Labute approximate surface area is 174 Å². The van der Waals surface area contributed by atoms with Gasteiger partial charge in [0.1, 0.15) is 12.1 Å². The van der Waals surface area contributed by atoms with Gasteiger partial charge in [0, 0.05) is 44.9 Å². The summed E-state index contributed by atoms with van der Waals surface area (Å²) in [5.74, 6) is 1.73. The standard InChI is InChI=1S/C22H34N6O/c1-3-24-21(27-17-22(9-5-6-10-22)11-14-29-4-2)26-16-19-7-8-20(25-15-19)28-13-12-23-18-28/h7-8,12-13,15,18H,3-6,9-11,14,16-17H2,1-2H3,(H2,24,26,27). The first kappa shape index (κ1) is 21.3. The van der Waals surface area contributed by atoms with E-state index in [1.807, 2.05) is 23.0 Å². The molecular weight excluding hydrogens is 364 g/mol. The van der Waals surface area contributed by atoms with Crippen LogP contribution in [0.15, 0.2) is 42.0 Å². The van der Waals surface area contributed by atoms with E-state index in [-0.39, 0.29) is 0 Å². The fourth-order valence-electron chi connectivity index (χ4n) is 3.91. The summed E-state index contributed by atoms with van der Waals surface area (Å²) in [4.78, 5) is 13.3. The van der Waals surface area contributed by atoms with Crippen molar-refractivity contribution in [1.82, 2.24) is 25.2 Å². The molecule has 3 rings (SSSR count). The molecule has 0 radical (unpaired) electrons. The molecule has 7 nitrogen and oxygen atoms in total. The maximum Gasteiger partial charge on any atom is 0.191 e. The molecule has 0 atom stereocenters. The molecule has 2 N–H and O–H groups in total. The van der Waals surface area contributed by atoms with Gasteiger partial charge >= 0.3 is 0 Å². The molecule has 0 aliphatic heterocycles. The van der Waals surface area contributed by atoms with Crippen molar-refractivity contribution in [2.45, 2.75) is 52.5 Å². The number of rotatable bonds is 10. The van der Waals surface area contributed by atoms with Gasteiger partial charge in [-0.1, -0.05) is 18.9 Å². The fraction of sp³-hybridized carbons (Fsp3) is 0.591. The number of nitrogens with one attached hydrogen (secondary N) is 2. The van der Waals surface area contributed by atoms with Crippen LogP contribution in [0.2, 0.25) is 0 Å². The van der Waals surface area contributed by atoms with E-state index in [2.05, 4.69) is 40.5 Å². The van der Waals surface area contributed by atoms with Crippen LogP contribution in [0.4, 0.5) is 0 Å². The van der Waals surface area contributed by atoms with Crippen molar-refractivity contribution in [3.05, 3.63) is 42.6 Å². The van der Waals surface area contributed by atoms with Gasteiger partial charge in [0.05, 0.1) is 6.54 Å². The summed E-state index contributed by atoms with van der Waals surface area (Å²) in [6.07, 6.45) is 13.6. The predicted molar refractivity (Wildman–Crippen MR) is 116 cm³/mol. The minimum absolute atomic E-state index is 0.333. The highest BCUT2D eigenvalue weighted by Crippen LogP contribution is 2.40. The topological polar surface area (TPSA) is 76.4 Å². The smallest absolute Gasteiger partial charge is 0.191 e. The van der Waals surface area contributed by atoms with Crippen molar-refractivity contribution in [2.75, 3.05) is 26.3 Å². The molecule has 0 aromatic carbocycles. The van der Waals surface area contributed by atoms with E-state index in [4.69, 9.17) is 9.73 Å². The quantitative estimate of drug-likeness (QED) is 0.365. The maximum absolute atomic E-state index is 5.63. The van der Waals surface area contributed by atoms with Crippen LogP contribution in [0.5, 0.6) is 0 Å². The van der Waals surface area contributed by atoms with Gasteiger partial charge in [-0.05, 0) is 50.2 Å². The number of hydrogen-bond acceptors (Lipinski definition) is 4. The Balaban J connectivity index is 1.57. The number of guanidine groups is 1. The number of pyridine rings is 1. The van der Waals surface area contributed by atoms with Gasteiger partial charge in [-0.2, -0.15) is 0 Å². The summed E-state index contributed by atoms with van der Waals surface area (Å²) in [5, 5.41) is 6.95. The number of imidazole rings is 1. The maximum atomic E-state index is 5.63. The van der Waals surface area contributed by atoms with Crippen molar-refractivity contribution >= 4 is 5.96 Å². The first-order valence-electron chi connectivity index (χ1n) is 10.8. The molecular formula is C22H34N6O. The largest absolute Gasteiger partial charge is 0.382 e. The van der Waals surface area contributed by atoms with E-state index in [1.165, 1.54) is 25.7 Å². The van der Waals surface area contributed by atoms with Crippen LogP contribution in [0.25, 0.3) is 5.82 Å². The lowest BCUT2D eigenvalue weighted by Gasteiger charge is -2.30. The van der Waals surface area contributed by atoms with Crippen molar-refractivity contribution in [1.29, 1.82) is 0 Å². The molecule has 2 aromatic heterocycles. The van der Waals surface area contributed by atoms with Crippen LogP contribution in [-0.2, 0) is 11.3 Å². The van der Waals surface area contributed by atoms with Gasteiger partial charge in [-0.25, -0.2) is 15.0 Å². The number of aliphatic imine (C=N–C) groups is 1. The zero-order chi connectivity index (χ0) is 20.4. The minimum atomic E-state index is 0.333. The van der Waals surface area contributed by atoms with Crippen LogP contribution in [-0.4, -0.2) is 46.8 Å². The Morgan fingerprint density at radius 1 is 1.24 bits per heavy atom. The van der Waals surface area contributed by atoms with Crippen LogP contribution in [0, 0.1) is 5.41 Å². The van der Waals surface area contributed by atoms with Gasteiger partial charge in [0.25, 0.3) is 0 Å². The highest BCUT2D eigenvalue weighted by Gasteiger charge is 2.33. The Kier molecular flexibility index (Phi) is 8.04. The lowest BCUT2D eigenvalue weighted by Crippen LogP contribution is -2.43. The van der Waals surface area contributed by atoms with Crippen molar-refractivity contribution in [2.24, 2.45) is 10.4 Å². The normalized spacial score (nSPS) is 16.1. The SMILES string of the molecule is CCNC(=NCc1ccc(-n2ccnc2)nc1)NCC1(CCOCC)CCCC1. The average molecular weight is 399 g/mol. The monoisotopic (exact) mass is 398 g/mol. The third kappa shape index (κ3) is 6.29.